The summed E-state index contributed by atoms with van der Waals surface area (Å²) >= 11 is 0. The smallest absolute Gasteiger partial charge is 0.143 e. The van der Waals surface area contributed by atoms with Crippen LogP contribution in [-0.2, 0) is 0 Å². The van der Waals surface area contributed by atoms with Gasteiger partial charge in [-0.1, -0.05) is 6.07 Å². The van der Waals surface area contributed by atoms with Crippen LogP contribution in [0.4, 0.5) is 5.69 Å². The van der Waals surface area contributed by atoms with Gasteiger partial charge in [0.05, 0.1) is 18.3 Å². The van der Waals surface area contributed by atoms with Gasteiger partial charge >= 0.3 is 0 Å². The number of benzene rings is 1. The van der Waals surface area contributed by atoms with Crippen LogP contribution in [0.5, 0.6) is 5.75 Å². The van der Waals surface area contributed by atoms with E-state index in [1.54, 1.807) is 0 Å². The minimum atomic E-state index is -0.615. The zero-order valence-corrected chi connectivity index (χ0v) is 8.73. The van der Waals surface area contributed by atoms with Crippen LogP contribution in [0.3, 0.4) is 0 Å². The summed E-state index contributed by atoms with van der Waals surface area (Å²) in [7, 11) is 0. The number of hydrogen-bond donors (Lipinski definition) is 3. The van der Waals surface area contributed by atoms with E-state index in [-0.39, 0.29) is 12.6 Å². The van der Waals surface area contributed by atoms with Gasteiger partial charge in [-0.3, -0.25) is 0 Å². The van der Waals surface area contributed by atoms with Crippen LogP contribution >= 0.6 is 0 Å². The van der Waals surface area contributed by atoms with Crippen LogP contribution in [0.15, 0.2) is 18.2 Å². The van der Waals surface area contributed by atoms with E-state index in [4.69, 9.17) is 10.5 Å². The second-order valence-electron chi connectivity index (χ2n) is 3.82. The average molecular weight is 208 g/mol. The molecule has 2 rings (SSSR count). The number of rotatable bonds is 2. The first-order valence-corrected chi connectivity index (χ1v) is 5.13. The highest BCUT2D eigenvalue weighted by molar-refractivity contribution is 5.59. The van der Waals surface area contributed by atoms with Crippen molar-refractivity contribution in [3.8, 4) is 5.75 Å². The Hall–Kier alpha value is -1.26. The SMILES string of the molecule is CC1CNc2ccc(C(O)CN)cc2O1. The van der Waals surface area contributed by atoms with Crippen molar-refractivity contribution in [3.05, 3.63) is 23.8 Å². The lowest BCUT2D eigenvalue weighted by molar-refractivity contribution is 0.184. The molecule has 15 heavy (non-hydrogen) atoms. The van der Waals surface area contributed by atoms with E-state index >= 15 is 0 Å². The molecule has 0 aromatic heterocycles. The Balaban J connectivity index is 2.28. The third-order valence-electron chi connectivity index (χ3n) is 2.52. The van der Waals surface area contributed by atoms with Crippen molar-refractivity contribution >= 4 is 5.69 Å². The third-order valence-corrected chi connectivity index (χ3v) is 2.52. The fourth-order valence-corrected chi connectivity index (χ4v) is 1.64. The second kappa shape index (κ2) is 4.08. The highest BCUT2D eigenvalue weighted by Crippen LogP contribution is 2.31. The summed E-state index contributed by atoms with van der Waals surface area (Å²) in [5.41, 5.74) is 7.17. The molecule has 2 unspecified atom stereocenters. The molecule has 0 saturated heterocycles. The summed E-state index contributed by atoms with van der Waals surface area (Å²) in [6, 6.07) is 5.62. The molecule has 1 aromatic carbocycles. The van der Waals surface area contributed by atoms with E-state index in [0.29, 0.717) is 0 Å². The summed E-state index contributed by atoms with van der Waals surface area (Å²) in [6.45, 7) is 3.04. The van der Waals surface area contributed by atoms with Crippen molar-refractivity contribution in [2.75, 3.05) is 18.4 Å². The van der Waals surface area contributed by atoms with Crippen LogP contribution in [0.1, 0.15) is 18.6 Å². The summed E-state index contributed by atoms with van der Waals surface area (Å²) in [5, 5.41) is 12.9. The van der Waals surface area contributed by atoms with Crippen LogP contribution in [-0.4, -0.2) is 24.3 Å². The first-order valence-electron chi connectivity index (χ1n) is 5.13. The highest BCUT2D eigenvalue weighted by Gasteiger charge is 2.16. The van der Waals surface area contributed by atoms with Gasteiger partial charge in [-0.25, -0.2) is 0 Å². The van der Waals surface area contributed by atoms with Gasteiger partial charge in [0, 0.05) is 6.54 Å². The summed E-state index contributed by atoms with van der Waals surface area (Å²) < 4.78 is 5.65. The normalized spacial score (nSPS) is 21.1. The Morgan fingerprint density at radius 3 is 3.20 bits per heavy atom. The van der Waals surface area contributed by atoms with E-state index in [1.807, 2.05) is 25.1 Å². The van der Waals surface area contributed by atoms with Gasteiger partial charge in [-0.15, -0.1) is 0 Å². The van der Waals surface area contributed by atoms with Crippen LogP contribution in [0.25, 0.3) is 0 Å². The van der Waals surface area contributed by atoms with E-state index in [9.17, 15) is 5.11 Å². The van der Waals surface area contributed by atoms with Gasteiger partial charge in [0.25, 0.3) is 0 Å². The number of aliphatic hydroxyl groups excluding tert-OH is 1. The number of anilines is 1. The van der Waals surface area contributed by atoms with Crippen molar-refractivity contribution in [3.63, 3.8) is 0 Å². The lowest BCUT2D eigenvalue weighted by atomic mass is 10.1. The maximum Gasteiger partial charge on any atom is 0.143 e. The van der Waals surface area contributed by atoms with Gasteiger partial charge < -0.3 is 20.9 Å². The molecule has 0 fully saturated rings. The quantitative estimate of drug-likeness (QED) is 0.674. The zero-order chi connectivity index (χ0) is 10.8. The van der Waals surface area contributed by atoms with Gasteiger partial charge in [-0.2, -0.15) is 0 Å². The maximum atomic E-state index is 9.60. The predicted octanol–water partition coefficient (Wildman–Crippen LogP) is 0.871. The largest absolute Gasteiger partial charge is 0.487 e. The number of fused-ring (bicyclic) bond motifs is 1. The molecule has 0 bridgehead atoms. The second-order valence-corrected chi connectivity index (χ2v) is 3.82. The fourth-order valence-electron chi connectivity index (χ4n) is 1.64. The molecule has 0 spiro atoms. The molecule has 1 aliphatic rings. The lowest BCUT2D eigenvalue weighted by Gasteiger charge is -2.25. The number of ether oxygens (including phenoxy) is 1. The fraction of sp³-hybridized carbons (Fsp3) is 0.455. The molecule has 82 valence electrons. The maximum absolute atomic E-state index is 9.60. The molecular formula is C11H16N2O2. The molecule has 1 heterocycles. The van der Waals surface area contributed by atoms with Crippen LogP contribution < -0.4 is 15.8 Å². The molecule has 0 amide bonds. The summed E-state index contributed by atoms with van der Waals surface area (Å²) in [4.78, 5) is 0. The Morgan fingerprint density at radius 2 is 2.47 bits per heavy atom. The topological polar surface area (TPSA) is 67.5 Å². The minimum absolute atomic E-state index is 0.155. The number of nitrogens with one attached hydrogen (secondary N) is 1. The third kappa shape index (κ3) is 2.06. The molecule has 1 aromatic rings. The molecule has 4 nitrogen and oxygen atoms in total. The number of aliphatic hydroxyl groups is 1. The molecule has 0 saturated carbocycles. The molecule has 0 radical (unpaired) electrons. The van der Waals surface area contributed by atoms with Crippen molar-refractivity contribution in [2.45, 2.75) is 19.1 Å². The Kier molecular flexibility index (Phi) is 2.79. The van der Waals surface area contributed by atoms with Crippen molar-refractivity contribution in [2.24, 2.45) is 5.73 Å². The van der Waals surface area contributed by atoms with Crippen LogP contribution in [0.2, 0.25) is 0 Å². The van der Waals surface area contributed by atoms with E-state index in [2.05, 4.69) is 5.32 Å². The van der Waals surface area contributed by atoms with Crippen molar-refractivity contribution < 1.29 is 9.84 Å². The first-order chi connectivity index (χ1) is 7.20. The van der Waals surface area contributed by atoms with Gasteiger partial charge in [0.2, 0.25) is 0 Å². The monoisotopic (exact) mass is 208 g/mol. The summed E-state index contributed by atoms with van der Waals surface area (Å²) in [6.07, 6.45) is -0.459. The van der Waals surface area contributed by atoms with Crippen molar-refractivity contribution in [1.82, 2.24) is 0 Å². The first kappa shape index (κ1) is 10.3. The molecular weight excluding hydrogens is 192 g/mol. The highest BCUT2D eigenvalue weighted by atomic mass is 16.5. The van der Waals surface area contributed by atoms with E-state index in [0.717, 1.165) is 23.5 Å². The van der Waals surface area contributed by atoms with Gasteiger partial charge in [0.15, 0.2) is 0 Å². The Morgan fingerprint density at radius 1 is 1.67 bits per heavy atom. The molecule has 4 heteroatoms. The van der Waals surface area contributed by atoms with Crippen molar-refractivity contribution in [1.29, 1.82) is 0 Å². The molecule has 0 aliphatic carbocycles. The molecule has 2 atom stereocenters. The van der Waals surface area contributed by atoms with Crippen LogP contribution in [0, 0.1) is 0 Å². The number of nitrogens with two attached hydrogens (primary N) is 1. The average Bonchev–Trinajstić information content (AvgIpc) is 2.27. The number of hydrogen-bond acceptors (Lipinski definition) is 4. The Labute approximate surface area is 89.0 Å². The Bertz CT molecular complexity index is 354. The molecule has 4 N–H and O–H groups in total. The summed E-state index contributed by atoms with van der Waals surface area (Å²) in [5.74, 6) is 0.791. The molecule has 1 aliphatic heterocycles. The standard InChI is InChI=1S/C11H16N2O2/c1-7-6-13-9-3-2-8(10(14)5-12)4-11(9)15-7/h2-4,7,10,13-14H,5-6,12H2,1H3. The minimum Gasteiger partial charge on any atom is -0.487 e. The van der Waals surface area contributed by atoms with E-state index < -0.39 is 6.10 Å². The lowest BCUT2D eigenvalue weighted by Crippen LogP contribution is -2.27. The predicted molar refractivity (Wildman–Crippen MR) is 59.0 cm³/mol. The van der Waals surface area contributed by atoms with Gasteiger partial charge in [0.1, 0.15) is 11.9 Å². The van der Waals surface area contributed by atoms with E-state index in [1.165, 1.54) is 0 Å². The zero-order valence-electron chi connectivity index (χ0n) is 8.73. The van der Waals surface area contributed by atoms with Gasteiger partial charge in [-0.05, 0) is 24.6 Å².